The van der Waals surface area contributed by atoms with Gasteiger partial charge >= 0.3 is 0 Å². The highest BCUT2D eigenvalue weighted by Gasteiger charge is 2.19. The highest BCUT2D eigenvalue weighted by molar-refractivity contribution is 5.91. The molecule has 0 saturated carbocycles. The van der Waals surface area contributed by atoms with E-state index in [0.717, 1.165) is 61.2 Å². The molecule has 0 spiro atoms. The van der Waals surface area contributed by atoms with Crippen LogP contribution in [0.4, 0.5) is 0 Å². The average Bonchev–Trinajstić information content (AvgIpc) is 3.35. The number of nitrogens with zero attached hydrogens (tertiary/aromatic N) is 3. The summed E-state index contributed by atoms with van der Waals surface area (Å²) in [6, 6.07) is 82.9. The highest BCUT2D eigenvalue weighted by Crippen LogP contribution is 2.40. The zero-order valence-corrected chi connectivity index (χ0v) is 32.9. The van der Waals surface area contributed by atoms with E-state index in [9.17, 15) is 0 Å². The van der Waals surface area contributed by atoms with Crippen molar-refractivity contribution in [1.82, 2.24) is 15.0 Å². The van der Waals surface area contributed by atoms with Crippen LogP contribution in [0.3, 0.4) is 0 Å². The fraction of sp³-hybridized carbons (Fsp3) is 0. The third-order valence-electron chi connectivity index (χ3n) is 11.0. The van der Waals surface area contributed by atoms with E-state index in [-0.39, 0.29) is 0 Å². The Hall–Kier alpha value is -8.01. The minimum absolute atomic E-state index is 0.607. The number of aromatic nitrogens is 3. The third kappa shape index (κ3) is 7.32. The van der Waals surface area contributed by atoms with E-state index in [1.807, 2.05) is 0 Å². The fourth-order valence-corrected chi connectivity index (χ4v) is 8.12. The largest absolute Gasteiger partial charge is 0.208 e. The molecule has 0 saturated heterocycles. The smallest absolute Gasteiger partial charge is 0.164 e. The lowest BCUT2D eigenvalue weighted by molar-refractivity contribution is 1.07. The minimum Gasteiger partial charge on any atom is -0.208 e. The molecule has 10 aromatic rings. The van der Waals surface area contributed by atoms with Crippen LogP contribution in [0.1, 0.15) is 0 Å². The van der Waals surface area contributed by atoms with E-state index in [4.69, 9.17) is 15.0 Å². The summed E-state index contributed by atoms with van der Waals surface area (Å²) in [5.41, 5.74) is 16.4. The molecule has 0 fully saturated rings. The summed E-state index contributed by atoms with van der Waals surface area (Å²) in [4.78, 5) is 15.9. The van der Waals surface area contributed by atoms with Gasteiger partial charge in [-0.3, -0.25) is 0 Å². The topological polar surface area (TPSA) is 38.7 Å². The van der Waals surface area contributed by atoms with Crippen LogP contribution in [0.15, 0.2) is 237 Å². The van der Waals surface area contributed by atoms with E-state index in [2.05, 4.69) is 237 Å². The van der Waals surface area contributed by atoms with Crippen molar-refractivity contribution in [3.63, 3.8) is 0 Å². The summed E-state index contributed by atoms with van der Waals surface area (Å²) in [6.45, 7) is 0. The lowest BCUT2D eigenvalue weighted by Gasteiger charge is -2.16. The highest BCUT2D eigenvalue weighted by atomic mass is 15.0. The molecule has 282 valence electrons. The molecule has 1 aromatic heterocycles. The molecule has 10 rings (SSSR count). The summed E-state index contributed by atoms with van der Waals surface area (Å²) in [6.07, 6.45) is 0. The Labute approximate surface area is 351 Å². The van der Waals surface area contributed by atoms with E-state index in [1.54, 1.807) is 0 Å². The molecule has 1 heterocycles. The summed E-state index contributed by atoms with van der Waals surface area (Å²) >= 11 is 0. The lowest BCUT2D eigenvalue weighted by atomic mass is 9.91. The van der Waals surface area contributed by atoms with Crippen LogP contribution in [0, 0.1) is 0 Å². The molecule has 3 nitrogen and oxygen atoms in total. The predicted octanol–water partition coefficient (Wildman–Crippen LogP) is 14.9. The molecule has 3 heteroatoms. The summed E-state index contributed by atoms with van der Waals surface area (Å²) < 4.78 is 0. The Balaban J connectivity index is 1.15. The second-order valence-electron chi connectivity index (χ2n) is 14.7. The van der Waals surface area contributed by atoms with Gasteiger partial charge < -0.3 is 0 Å². The van der Waals surface area contributed by atoms with Crippen LogP contribution < -0.4 is 0 Å². The summed E-state index contributed by atoms with van der Waals surface area (Å²) in [5, 5.41) is 0. The van der Waals surface area contributed by atoms with Gasteiger partial charge in [0.2, 0.25) is 0 Å². The first-order chi connectivity index (χ1) is 29.8. The van der Waals surface area contributed by atoms with E-state index in [1.165, 1.54) is 22.3 Å². The predicted molar refractivity (Wildman–Crippen MR) is 249 cm³/mol. The first-order valence-corrected chi connectivity index (χ1v) is 20.3. The second kappa shape index (κ2) is 16.5. The van der Waals surface area contributed by atoms with Gasteiger partial charge in [0.15, 0.2) is 17.5 Å². The van der Waals surface area contributed by atoms with Gasteiger partial charge in [-0.05, 0) is 78.9 Å². The average molecular weight is 766 g/mol. The molecule has 60 heavy (non-hydrogen) atoms. The zero-order chi connectivity index (χ0) is 40.1. The van der Waals surface area contributed by atoms with Gasteiger partial charge in [-0.15, -0.1) is 0 Å². The van der Waals surface area contributed by atoms with Crippen LogP contribution >= 0.6 is 0 Å². The zero-order valence-electron chi connectivity index (χ0n) is 32.9. The Morgan fingerprint density at radius 3 is 0.817 bits per heavy atom. The Kier molecular flexibility index (Phi) is 9.97. The molecule has 0 unspecified atom stereocenters. The summed E-state index contributed by atoms with van der Waals surface area (Å²) in [7, 11) is 0. The monoisotopic (exact) mass is 765 g/mol. The first kappa shape index (κ1) is 36.3. The molecule has 0 N–H and O–H groups in total. The van der Waals surface area contributed by atoms with Crippen molar-refractivity contribution in [3.05, 3.63) is 237 Å². The van der Waals surface area contributed by atoms with Crippen LogP contribution in [-0.4, -0.2) is 15.0 Å². The number of hydrogen-bond acceptors (Lipinski definition) is 3. The van der Waals surface area contributed by atoms with Crippen molar-refractivity contribution >= 4 is 0 Å². The quantitative estimate of drug-likeness (QED) is 0.147. The number of rotatable bonds is 9. The van der Waals surface area contributed by atoms with E-state index in [0.29, 0.717) is 17.5 Å². The van der Waals surface area contributed by atoms with Gasteiger partial charge in [-0.2, -0.15) is 0 Å². The van der Waals surface area contributed by atoms with Crippen LogP contribution in [0.5, 0.6) is 0 Å². The molecule has 0 amide bonds. The molecule has 0 aliphatic rings. The standard InChI is InChI=1S/C57H39N3/c1-4-20-40(21-5-1)47-30-10-12-33-50(47)43-26-18-28-45(38-43)55-58-56(46-29-19-27-44(39-46)51-34-13-11-31-48(51)41-22-6-2-7-23-41)60-57(59-55)54-37-17-16-36-53(54)52-35-15-14-32-49(52)42-24-8-3-9-25-42/h1-39H. The SMILES string of the molecule is c1ccc(-c2ccccc2-c2cccc(-c3nc(-c4cccc(-c5ccccc5-c5ccccc5)c4)nc(-c4ccccc4-c4ccccc4-c4ccccc4)n3)c2)cc1. The normalized spacial score (nSPS) is 11.0. The van der Waals surface area contributed by atoms with Crippen molar-refractivity contribution in [3.8, 4) is 101 Å². The maximum absolute atomic E-state index is 5.32. The molecule has 0 radical (unpaired) electrons. The van der Waals surface area contributed by atoms with Gasteiger partial charge in [-0.1, -0.05) is 224 Å². The van der Waals surface area contributed by atoms with Gasteiger partial charge in [-0.25, -0.2) is 15.0 Å². The second-order valence-corrected chi connectivity index (χ2v) is 14.7. The molecular formula is C57H39N3. The third-order valence-corrected chi connectivity index (χ3v) is 11.0. The van der Waals surface area contributed by atoms with Crippen molar-refractivity contribution in [2.24, 2.45) is 0 Å². The van der Waals surface area contributed by atoms with Gasteiger partial charge in [0.25, 0.3) is 0 Å². The van der Waals surface area contributed by atoms with E-state index < -0.39 is 0 Å². The first-order valence-electron chi connectivity index (χ1n) is 20.3. The molecule has 0 aliphatic carbocycles. The maximum Gasteiger partial charge on any atom is 0.164 e. The number of hydrogen-bond donors (Lipinski definition) is 0. The van der Waals surface area contributed by atoms with Gasteiger partial charge in [0.05, 0.1) is 0 Å². The van der Waals surface area contributed by atoms with Crippen molar-refractivity contribution in [2.75, 3.05) is 0 Å². The Morgan fingerprint density at radius 2 is 0.417 bits per heavy atom. The van der Waals surface area contributed by atoms with Crippen molar-refractivity contribution in [1.29, 1.82) is 0 Å². The molecule has 0 bridgehead atoms. The molecule has 0 atom stereocenters. The Bertz CT molecular complexity index is 2940. The van der Waals surface area contributed by atoms with Crippen LogP contribution in [0.25, 0.3) is 101 Å². The minimum atomic E-state index is 0.607. The Morgan fingerprint density at radius 1 is 0.167 bits per heavy atom. The molecular weight excluding hydrogens is 727 g/mol. The van der Waals surface area contributed by atoms with E-state index >= 15 is 0 Å². The number of benzene rings is 9. The van der Waals surface area contributed by atoms with Crippen LogP contribution in [-0.2, 0) is 0 Å². The maximum atomic E-state index is 5.32. The molecule has 0 aliphatic heterocycles. The fourth-order valence-electron chi connectivity index (χ4n) is 8.12. The molecule has 9 aromatic carbocycles. The van der Waals surface area contributed by atoms with Gasteiger partial charge in [0, 0.05) is 16.7 Å². The van der Waals surface area contributed by atoms with Crippen molar-refractivity contribution in [2.45, 2.75) is 0 Å². The summed E-state index contributed by atoms with van der Waals surface area (Å²) in [5.74, 6) is 1.82. The lowest BCUT2D eigenvalue weighted by Crippen LogP contribution is -2.01. The van der Waals surface area contributed by atoms with Gasteiger partial charge in [0.1, 0.15) is 0 Å². The van der Waals surface area contributed by atoms with Crippen molar-refractivity contribution < 1.29 is 0 Å². The van der Waals surface area contributed by atoms with Crippen LogP contribution in [0.2, 0.25) is 0 Å².